The van der Waals surface area contributed by atoms with Crippen molar-refractivity contribution < 1.29 is 9.53 Å². The maximum Gasteiger partial charge on any atom is 0.237 e. The largest absolute Gasteiger partial charge is 0.380 e. The van der Waals surface area contributed by atoms with Gasteiger partial charge in [-0.2, -0.15) is 0 Å². The van der Waals surface area contributed by atoms with E-state index in [1.165, 1.54) is 0 Å². The minimum Gasteiger partial charge on any atom is -0.380 e. The van der Waals surface area contributed by atoms with Crippen LogP contribution in [0.1, 0.15) is 24.9 Å². The number of hydrogen-bond donors (Lipinski definition) is 2. The lowest BCUT2D eigenvalue weighted by Gasteiger charge is -2.17. The summed E-state index contributed by atoms with van der Waals surface area (Å²) in [5, 5.41) is 6.21. The van der Waals surface area contributed by atoms with Gasteiger partial charge >= 0.3 is 0 Å². The van der Waals surface area contributed by atoms with E-state index in [1.54, 1.807) is 7.11 Å². The molecule has 1 amide bonds. The lowest BCUT2D eigenvalue weighted by atomic mass is 10.1. The first-order valence-electron chi connectivity index (χ1n) is 6.42. The van der Waals surface area contributed by atoms with E-state index in [0.29, 0.717) is 0 Å². The van der Waals surface area contributed by atoms with Crippen molar-refractivity contribution in [2.75, 3.05) is 13.7 Å². The molecule has 0 aromatic heterocycles. The molecule has 0 bridgehead atoms. The fourth-order valence-corrected chi connectivity index (χ4v) is 2.50. The van der Waals surface area contributed by atoms with Crippen LogP contribution in [0.25, 0.3) is 0 Å². The van der Waals surface area contributed by atoms with Gasteiger partial charge in [-0.3, -0.25) is 4.79 Å². The van der Waals surface area contributed by atoms with Crippen LogP contribution >= 0.6 is 15.9 Å². The Labute approximate surface area is 122 Å². The number of rotatable bonds is 4. The Balaban J connectivity index is 1.90. The lowest BCUT2D eigenvalue weighted by molar-refractivity contribution is -0.123. The van der Waals surface area contributed by atoms with Crippen molar-refractivity contribution in [3.63, 3.8) is 0 Å². The number of ether oxygens (including phenoxy) is 1. The third-order valence-electron chi connectivity index (χ3n) is 3.47. The van der Waals surface area contributed by atoms with E-state index in [2.05, 4.69) is 26.6 Å². The molecule has 1 aliphatic rings. The summed E-state index contributed by atoms with van der Waals surface area (Å²) in [7, 11) is 1.68. The summed E-state index contributed by atoms with van der Waals surface area (Å²) in [6.07, 6.45) is 0.869. The molecule has 1 heterocycles. The molecule has 1 aromatic rings. The zero-order valence-electron chi connectivity index (χ0n) is 11.2. The second-order valence-corrected chi connectivity index (χ2v) is 5.75. The van der Waals surface area contributed by atoms with Gasteiger partial charge in [-0.15, -0.1) is 0 Å². The number of nitrogens with one attached hydrogen (secondary N) is 2. The molecule has 1 saturated heterocycles. The minimum atomic E-state index is -0.150. The highest BCUT2D eigenvalue weighted by molar-refractivity contribution is 9.10. The van der Waals surface area contributed by atoms with E-state index in [0.717, 1.165) is 23.0 Å². The zero-order valence-corrected chi connectivity index (χ0v) is 12.7. The highest BCUT2D eigenvalue weighted by atomic mass is 79.9. The van der Waals surface area contributed by atoms with E-state index < -0.39 is 0 Å². The number of carbonyl (C=O) groups excluding carboxylic acids is 1. The van der Waals surface area contributed by atoms with Gasteiger partial charge in [0.1, 0.15) is 0 Å². The van der Waals surface area contributed by atoms with Gasteiger partial charge in [0, 0.05) is 18.1 Å². The normalized spacial score (nSPS) is 24.2. The van der Waals surface area contributed by atoms with Crippen molar-refractivity contribution in [3.05, 3.63) is 34.3 Å². The molecular weight excluding hydrogens is 308 g/mol. The predicted octanol–water partition coefficient (Wildman–Crippen LogP) is 2.00. The molecule has 3 atom stereocenters. The van der Waals surface area contributed by atoms with Crippen LogP contribution in [0.4, 0.5) is 0 Å². The molecule has 5 heteroatoms. The number of halogens is 1. The Hall–Kier alpha value is -0.910. The topological polar surface area (TPSA) is 50.4 Å². The molecule has 1 fully saturated rings. The molecular formula is C14H19BrN2O2. The highest BCUT2D eigenvalue weighted by Gasteiger charge is 2.29. The smallest absolute Gasteiger partial charge is 0.237 e. The second-order valence-electron chi connectivity index (χ2n) is 4.84. The van der Waals surface area contributed by atoms with Gasteiger partial charge in [0.15, 0.2) is 0 Å². The van der Waals surface area contributed by atoms with E-state index in [1.807, 2.05) is 31.2 Å². The van der Waals surface area contributed by atoms with Crippen molar-refractivity contribution in [1.82, 2.24) is 10.6 Å². The SMILES string of the molecule is COC1CNC(C(=O)N[C@H](C)c2ccc(Br)cc2)C1. The summed E-state index contributed by atoms with van der Waals surface area (Å²) in [5.74, 6) is 0.0370. The van der Waals surface area contributed by atoms with Gasteiger partial charge in [0.25, 0.3) is 0 Å². The molecule has 1 aromatic carbocycles. The average Bonchev–Trinajstić information content (AvgIpc) is 2.88. The predicted molar refractivity (Wildman–Crippen MR) is 77.9 cm³/mol. The van der Waals surface area contributed by atoms with Gasteiger partial charge in [0.2, 0.25) is 5.91 Å². The molecule has 2 rings (SSSR count). The fourth-order valence-electron chi connectivity index (χ4n) is 2.23. The molecule has 2 N–H and O–H groups in total. The summed E-state index contributed by atoms with van der Waals surface area (Å²) in [4.78, 5) is 12.1. The van der Waals surface area contributed by atoms with E-state index in [4.69, 9.17) is 4.74 Å². The van der Waals surface area contributed by atoms with Crippen LogP contribution in [0.2, 0.25) is 0 Å². The zero-order chi connectivity index (χ0) is 13.8. The molecule has 19 heavy (non-hydrogen) atoms. The summed E-state index contributed by atoms with van der Waals surface area (Å²) in [6, 6.07) is 7.83. The molecule has 0 spiro atoms. The molecule has 0 radical (unpaired) electrons. The molecule has 1 aliphatic heterocycles. The summed E-state index contributed by atoms with van der Waals surface area (Å²) in [5.41, 5.74) is 1.10. The number of methoxy groups -OCH3 is 1. The third kappa shape index (κ3) is 3.78. The number of amides is 1. The van der Waals surface area contributed by atoms with Crippen LogP contribution in [0.5, 0.6) is 0 Å². The van der Waals surface area contributed by atoms with Crippen molar-refractivity contribution in [1.29, 1.82) is 0 Å². The van der Waals surface area contributed by atoms with Gasteiger partial charge in [-0.1, -0.05) is 28.1 Å². The highest BCUT2D eigenvalue weighted by Crippen LogP contribution is 2.17. The maximum atomic E-state index is 12.1. The molecule has 4 nitrogen and oxygen atoms in total. The Morgan fingerprint density at radius 3 is 2.74 bits per heavy atom. The average molecular weight is 327 g/mol. The van der Waals surface area contributed by atoms with Crippen LogP contribution < -0.4 is 10.6 Å². The van der Waals surface area contributed by atoms with Gasteiger partial charge in [0.05, 0.1) is 18.2 Å². The van der Waals surface area contributed by atoms with Crippen molar-refractivity contribution in [2.24, 2.45) is 0 Å². The summed E-state index contributed by atoms with van der Waals surface area (Å²) < 4.78 is 6.28. The summed E-state index contributed by atoms with van der Waals surface area (Å²) in [6.45, 7) is 2.73. The van der Waals surface area contributed by atoms with Crippen molar-refractivity contribution in [2.45, 2.75) is 31.5 Å². The maximum absolute atomic E-state index is 12.1. The Bertz CT molecular complexity index is 436. The first-order chi connectivity index (χ1) is 9.10. The van der Waals surface area contributed by atoms with E-state index in [-0.39, 0.29) is 24.1 Å². The second kappa shape index (κ2) is 6.50. The van der Waals surface area contributed by atoms with Gasteiger partial charge in [-0.05, 0) is 31.0 Å². The molecule has 0 aliphatic carbocycles. The van der Waals surface area contributed by atoms with E-state index in [9.17, 15) is 4.79 Å². The Morgan fingerprint density at radius 1 is 1.47 bits per heavy atom. The van der Waals surface area contributed by atoms with Crippen molar-refractivity contribution >= 4 is 21.8 Å². The number of hydrogen-bond acceptors (Lipinski definition) is 3. The molecule has 104 valence electrons. The van der Waals surface area contributed by atoms with Gasteiger partial charge < -0.3 is 15.4 Å². The fraction of sp³-hybridized carbons (Fsp3) is 0.500. The van der Waals surface area contributed by atoms with Crippen LogP contribution in [0.15, 0.2) is 28.7 Å². The standard InChI is InChI=1S/C14H19BrN2O2/c1-9(10-3-5-11(15)6-4-10)17-14(18)13-7-12(19-2)8-16-13/h3-6,9,12-13,16H,7-8H2,1-2H3,(H,17,18)/t9-,12?,13?/m1/s1. The minimum absolute atomic E-state index is 0.00370. The first kappa shape index (κ1) is 14.5. The van der Waals surface area contributed by atoms with Crippen LogP contribution in [-0.4, -0.2) is 31.7 Å². The van der Waals surface area contributed by atoms with Crippen LogP contribution in [0.3, 0.4) is 0 Å². The third-order valence-corrected chi connectivity index (χ3v) is 4.00. The molecule has 0 saturated carbocycles. The Kier molecular flexibility index (Phi) is 4.96. The van der Waals surface area contributed by atoms with Crippen molar-refractivity contribution in [3.8, 4) is 0 Å². The monoisotopic (exact) mass is 326 g/mol. The Morgan fingerprint density at radius 2 is 2.16 bits per heavy atom. The lowest BCUT2D eigenvalue weighted by Crippen LogP contribution is -2.41. The first-order valence-corrected chi connectivity index (χ1v) is 7.21. The molecule has 2 unspecified atom stereocenters. The number of benzene rings is 1. The quantitative estimate of drug-likeness (QED) is 0.889. The number of carbonyl (C=O) groups is 1. The van der Waals surface area contributed by atoms with Crippen LogP contribution in [0, 0.1) is 0 Å². The van der Waals surface area contributed by atoms with Crippen LogP contribution in [-0.2, 0) is 9.53 Å². The van der Waals surface area contributed by atoms with E-state index >= 15 is 0 Å². The summed E-state index contributed by atoms with van der Waals surface area (Å²) >= 11 is 3.40. The van der Waals surface area contributed by atoms with Gasteiger partial charge in [-0.25, -0.2) is 0 Å².